The zero-order valence-electron chi connectivity index (χ0n) is 17.4. The Morgan fingerprint density at radius 3 is 2.77 bits per heavy atom. The van der Waals surface area contributed by atoms with Gasteiger partial charge in [0.2, 0.25) is 11.0 Å². The van der Waals surface area contributed by atoms with Gasteiger partial charge in [-0.05, 0) is 50.8 Å². The number of carbonyl (C=O) groups excluding carboxylic acids is 2. The third kappa shape index (κ3) is 6.09. The summed E-state index contributed by atoms with van der Waals surface area (Å²) in [5.41, 5.74) is 3.40. The molecule has 30 heavy (non-hydrogen) atoms. The number of nitrogens with one attached hydrogen (secondary N) is 2. The van der Waals surface area contributed by atoms with E-state index in [0.717, 1.165) is 22.9 Å². The van der Waals surface area contributed by atoms with Gasteiger partial charge in [-0.3, -0.25) is 4.79 Å². The molecule has 0 spiro atoms. The number of aromatic nitrogens is 2. The van der Waals surface area contributed by atoms with Crippen LogP contribution in [0.25, 0.3) is 0 Å². The fraction of sp³-hybridized carbons (Fsp3) is 0.500. The number of nitrogens with zero attached hydrogens (tertiary/aromatic N) is 3. The Morgan fingerprint density at radius 2 is 2.03 bits per heavy atom. The number of thioether (sulfide) groups is 1. The molecular weight excluding hydrogens is 422 g/mol. The second-order valence-corrected chi connectivity index (χ2v) is 9.26. The molecule has 1 aromatic carbocycles. The lowest BCUT2D eigenvalue weighted by atomic mass is 10.1. The predicted octanol–water partition coefficient (Wildman–Crippen LogP) is 3.73. The molecule has 2 aromatic rings. The van der Waals surface area contributed by atoms with Crippen molar-refractivity contribution in [1.29, 1.82) is 0 Å². The lowest BCUT2D eigenvalue weighted by Gasteiger charge is -2.31. The molecule has 10 heteroatoms. The van der Waals surface area contributed by atoms with E-state index in [2.05, 4.69) is 40.7 Å². The minimum atomic E-state index is -0.278. The molecule has 3 rings (SSSR count). The van der Waals surface area contributed by atoms with Crippen molar-refractivity contribution in [3.8, 4) is 0 Å². The number of benzene rings is 1. The first-order valence-electron chi connectivity index (χ1n) is 9.97. The van der Waals surface area contributed by atoms with Crippen molar-refractivity contribution in [1.82, 2.24) is 20.4 Å². The van der Waals surface area contributed by atoms with Gasteiger partial charge >= 0.3 is 6.09 Å². The van der Waals surface area contributed by atoms with Crippen molar-refractivity contribution in [2.75, 3.05) is 30.8 Å². The summed E-state index contributed by atoms with van der Waals surface area (Å²) in [6.07, 6.45) is 1.19. The molecular formula is C20H27N5O3S2. The predicted molar refractivity (Wildman–Crippen MR) is 120 cm³/mol. The molecule has 1 saturated heterocycles. The van der Waals surface area contributed by atoms with E-state index >= 15 is 0 Å². The van der Waals surface area contributed by atoms with Crippen molar-refractivity contribution >= 4 is 45.9 Å². The quantitative estimate of drug-likeness (QED) is 0.622. The second-order valence-electron chi connectivity index (χ2n) is 7.06. The Kier molecular flexibility index (Phi) is 7.92. The van der Waals surface area contributed by atoms with Crippen LogP contribution in [-0.4, -0.2) is 58.6 Å². The van der Waals surface area contributed by atoms with Crippen molar-refractivity contribution in [2.45, 2.75) is 44.0 Å². The van der Waals surface area contributed by atoms with Crippen LogP contribution in [0.2, 0.25) is 0 Å². The Morgan fingerprint density at radius 1 is 1.27 bits per heavy atom. The monoisotopic (exact) mass is 449 g/mol. The molecule has 1 fully saturated rings. The van der Waals surface area contributed by atoms with Crippen LogP contribution in [0, 0.1) is 13.8 Å². The van der Waals surface area contributed by atoms with Crippen LogP contribution < -0.4 is 10.6 Å². The van der Waals surface area contributed by atoms with Crippen molar-refractivity contribution < 1.29 is 14.3 Å². The molecule has 0 atom stereocenters. The first kappa shape index (κ1) is 22.4. The summed E-state index contributed by atoms with van der Waals surface area (Å²) in [4.78, 5) is 25.7. The van der Waals surface area contributed by atoms with Crippen molar-refractivity contribution in [3.63, 3.8) is 0 Å². The van der Waals surface area contributed by atoms with E-state index in [1.807, 2.05) is 12.1 Å². The largest absolute Gasteiger partial charge is 0.450 e. The molecule has 1 aromatic heterocycles. The molecule has 0 saturated carbocycles. The Balaban J connectivity index is 1.41. The maximum Gasteiger partial charge on any atom is 0.409 e. The van der Waals surface area contributed by atoms with Gasteiger partial charge in [0.05, 0.1) is 12.4 Å². The van der Waals surface area contributed by atoms with Gasteiger partial charge in [-0.1, -0.05) is 35.2 Å². The fourth-order valence-corrected chi connectivity index (χ4v) is 4.71. The summed E-state index contributed by atoms with van der Waals surface area (Å²) in [7, 11) is 0. The summed E-state index contributed by atoms with van der Waals surface area (Å²) < 4.78 is 5.76. The molecule has 0 aliphatic carbocycles. The molecule has 1 aliphatic heterocycles. The van der Waals surface area contributed by atoms with Gasteiger partial charge in [0.1, 0.15) is 0 Å². The normalized spacial score (nSPS) is 14.4. The highest BCUT2D eigenvalue weighted by Gasteiger charge is 2.24. The van der Waals surface area contributed by atoms with E-state index in [1.54, 1.807) is 11.8 Å². The maximum atomic E-state index is 12.3. The van der Waals surface area contributed by atoms with E-state index in [9.17, 15) is 9.59 Å². The number of carbonyl (C=O) groups is 2. The number of likely N-dealkylation sites (tertiary alicyclic amines) is 1. The third-order valence-corrected chi connectivity index (χ3v) is 6.94. The highest BCUT2D eigenvalue weighted by Crippen LogP contribution is 2.29. The number of amides is 2. The summed E-state index contributed by atoms with van der Waals surface area (Å²) >= 11 is 2.81. The molecule has 2 N–H and O–H groups in total. The number of hydrogen-bond donors (Lipinski definition) is 2. The van der Waals surface area contributed by atoms with E-state index in [1.165, 1.54) is 34.2 Å². The number of hydrogen-bond acceptors (Lipinski definition) is 8. The number of aryl methyl sites for hydroxylation is 1. The molecule has 2 amide bonds. The first-order valence-corrected chi connectivity index (χ1v) is 11.8. The Bertz CT molecular complexity index is 881. The van der Waals surface area contributed by atoms with Crippen LogP contribution in [0.15, 0.2) is 22.5 Å². The SMILES string of the molecule is CCOC(=O)N1CCC(NC(=O)CSc2nnc(Nc3cccc(C)c3C)s2)CC1. The maximum absolute atomic E-state index is 12.3. The topological polar surface area (TPSA) is 96.5 Å². The minimum Gasteiger partial charge on any atom is -0.450 e. The van der Waals surface area contributed by atoms with Gasteiger partial charge in [-0.25, -0.2) is 4.79 Å². The lowest BCUT2D eigenvalue weighted by molar-refractivity contribution is -0.119. The van der Waals surface area contributed by atoms with Gasteiger partial charge in [0, 0.05) is 24.8 Å². The molecule has 1 aliphatic rings. The zero-order chi connectivity index (χ0) is 21.5. The van der Waals surface area contributed by atoms with Gasteiger partial charge in [-0.15, -0.1) is 10.2 Å². The number of piperidine rings is 1. The lowest BCUT2D eigenvalue weighted by Crippen LogP contribution is -2.47. The summed E-state index contributed by atoms with van der Waals surface area (Å²) in [5.74, 6) is 0.254. The smallest absolute Gasteiger partial charge is 0.409 e. The molecule has 0 unspecified atom stereocenters. The van der Waals surface area contributed by atoms with Crippen molar-refractivity contribution in [2.24, 2.45) is 0 Å². The fourth-order valence-electron chi connectivity index (χ4n) is 3.14. The average molecular weight is 450 g/mol. The van der Waals surface area contributed by atoms with Gasteiger partial charge in [0.25, 0.3) is 0 Å². The van der Waals surface area contributed by atoms with Gasteiger partial charge in [-0.2, -0.15) is 0 Å². The molecule has 0 radical (unpaired) electrons. The third-order valence-electron chi connectivity index (χ3n) is 4.97. The Hall–Kier alpha value is -2.33. The molecule has 2 heterocycles. The van der Waals surface area contributed by atoms with E-state index < -0.39 is 0 Å². The van der Waals surface area contributed by atoms with Crippen LogP contribution >= 0.6 is 23.1 Å². The van der Waals surface area contributed by atoms with Crippen LogP contribution in [0.1, 0.15) is 30.9 Å². The average Bonchev–Trinajstić information content (AvgIpc) is 3.18. The highest BCUT2D eigenvalue weighted by molar-refractivity contribution is 8.01. The van der Waals surface area contributed by atoms with E-state index in [4.69, 9.17) is 4.74 Å². The number of rotatable bonds is 7. The standard InChI is InChI=1S/C20H27N5O3S2/c1-4-28-20(27)25-10-8-15(9-11-25)21-17(26)12-29-19-24-23-18(30-19)22-16-7-5-6-13(2)14(16)3/h5-7,15H,4,8-12H2,1-3H3,(H,21,26)(H,22,23). The first-order chi connectivity index (χ1) is 14.5. The van der Waals surface area contributed by atoms with Crippen LogP contribution in [0.5, 0.6) is 0 Å². The number of ether oxygens (including phenoxy) is 1. The van der Waals surface area contributed by atoms with Crippen LogP contribution in [0.3, 0.4) is 0 Å². The second kappa shape index (κ2) is 10.6. The van der Waals surface area contributed by atoms with E-state index in [-0.39, 0.29) is 23.8 Å². The van der Waals surface area contributed by atoms with E-state index in [0.29, 0.717) is 24.8 Å². The molecule has 8 nitrogen and oxygen atoms in total. The van der Waals surface area contributed by atoms with Crippen LogP contribution in [-0.2, 0) is 9.53 Å². The van der Waals surface area contributed by atoms with Gasteiger partial charge < -0.3 is 20.3 Å². The number of anilines is 2. The summed E-state index contributed by atoms with van der Waals surface area (Å²) in [5, 5.41) is 15.4. The zero-order valence-corrected chi connectivity index (χ0v) is 19.1. The van der Waals surface area contributed by atoms with Crippen molar-refractivity contribution in [3.05, 3.63) is 29.3 Å². The van der Waals surface area contributed by atoms with Crippen LogP contribution in [0.4, 0.5) is 15.6 Å². The summed E-state index contributed by atoms with van der Waals surface area (Å²) in [6.45, 7) is 7.50. The minimum absolute atomic E-state index is 0.0335. The molecule has 162 valence electrons. The summed E-state index contributed by atoms with van der Waals surface area (Å²) in [6, 6.07) is 6.17. The molecule has 0 bridgehead atoms. The Labute approximate surface area is 184 Å². The highest BCUT2D eigenvalue weighted by atomic mass is 32.2. The van der Waals surface area contributed by atoms with Gasteiger partial charge in [0.15, 0.2) is 4.34 Å².